The van der Waals surface area contributed by atoms with Crippen LogP contribution < -0.4 is 9.64 Å². The smallest absolute Gasteiger partial charge is 0.410 e. The molecule has 0 bridgehead atoms. The summed E-state index contributed by atoms with van der Waals surface area (Å²) in [4.78, 5) is 27.9. The van der Waals surface area contributed by atoms with E-state index in [1.54, 1.807) is 17.0 Å². The SMILES string of the molecule is C#Cc1c(F)ccc2cc(O)cc(-c3ccc4c(N5CCN6C(=O)OCC6C5)nc(OCC56CCCC5N(C)CCC6)nc4c3F)c12. The van der Waals surface area contributed by atoms with Crippen molar-refractivity contribution >= 4 is 33.6 Å². The van der Waals surface area contributed by atoms with E-state index in [0.29, 0.717) is 54.3 Å². The zero-order valence-corrected chi connectivity index (χ0v) is 26.1. The maximum Gasteiger partial charge on any atom is 0.410 e. The van der Waals surface area contributed by atoms with Crippen molar-refractivity contribution in [3.8, 4) is 35.2 Å². The number of anilines is 1. The molecule has 1 amide bonds. The summed E-state index contributed by atoms with van der Waals surface area (Å²) >= 11 is 0. The number of phenols is 1. The van der Waals surface area contributed by atoms with Gasteiger partial charge in [-0.3, -0.25) is 4.90 Å². The molecular weight excluding hydrogens is 604 g/mol. The average Bonchev–Trinajstić information content (AvgIpc) is 3.68. The Kier molecular flexibility index (Phi) is 7.10. The summed E-state index contributed by atoms with van der Waals surface area (Å²) in [6, 6.07) is 9.27. The first kappa shape index (κ1) is 29.7. The molecular formula is C36H35F2N5O4. The molecule has 8 rings (SSSR count). The number of hydrogen-bond acceptors (Lipinski definition) is 8. The monoisotopic (exact) mass is 639 g/mol. The summed E-state index contributed by atoms with van der Waals surface area (Å²) in [5, 5.41) is 11.9. The molecule has 1 saturated carbocycles. The molecule has 3 atom stereocenters. The van der Waals surface area contributed by atoms with Crippen LogP contribution in [0.2, 0.25) is 0 Å². The number of ether oxygens (including phenoxy) is 2. The minimum Gasteiger partial charge on any atom is -0.508 e. The van der Waals surface area contributed by atoms with Crippen LogP contribution in [0.3, 0.4) is 0 Å². The highest BCUT2D eigenvalue weighted by Gasteiger charge is 2.47. The third kappa shape index (κ3) is 4.80. The van der Waals surface area contributed by atoms with Crippen LogP contribution in [0.4, 0.5) is 19.4 Å². The number of benzene rings is 3. The van der Waals surface area contributed by atoms with Crippen LogP contribution in [0.15, 0.2) is 36.4 Å². The molecule has 3 aliphatic heterocycles. The molecule has 1 aliphatic carbocycles. The predicted molar refractivity (Wildman–Crippen MR) is 173 cm³/mol. The number of rotatable bonds is 5. The molecule has 3 saturated heterocycles. The van der Waals surface area contributed by atoms with Gasteiger partial charge in [-0.2, -0.15) is 9.97 Å². The number of amides is 1. The van der Waals surface area contributed by atoms with Gasteiger partial charge in [-0.1, -0.05) is 24.5 Å². The van der Waals surface area contributed by atoms with Gasteiger partial charge >= 0.3 is 12.1 Å². The van der Waals surface area contributed by atoms with Crippen molar-refractivity contribution in [3.63, 3.8) is 0 Å². The third-order valence-corrected chi connectivity index (χ3v) is 10.7. The van der Waals surface area contributed by atoms with Crippen molar-refractivity contribution in [1.82, 2.24) is 19.8 Å². The van der Waals surface area contributed by atoms with Crippen molar-refractivity contribution in [2.75, 3.05) is 51.3 Å². The number of piperazine rings is 1. The quantitative estimate of drug-likeness (QED) is 0.278. The fourth-order valence-corrected chi connectivity index (χ4v) is 8.48. The predicted octanol–water partition coefficient (Wildman–Crippen LogP) is 5.70. The summed E-state index contributed by atoms with van der Waals surface area (Å²) in [6.45, 7) is 3.13. The molecule has 0 radical (unpaired) electrons. The maximum atomic E-state index is 16.9. The Morgan fingerprint density at radius 1 is 1.11 bits per heavy atom. The fourth-order valence-electron chi connectivity index (χ4n) is 8.48. The Labute approximate surface area is 271 Å². The molecule has 242 valence electrons. The minimum absolute atomic E-state index is 0.0154. The largest absolute Gasteiger partial charge is 0.508 e. The van der Waals surface area contributed by atoms with Gasteiger partial charge in [-0.15, -0.1) is 6.42 Å². The van der Waals surface area contributed by atoms with E-state index in [2.05, 4.69) is 22.9 Å². The van der Waals surface area contributed by atoms with Gasteiger partial charge in [0.25, 0.3) is 0 Å². The van der Waals surface area contributed by atoms with E-state index in [1.807, 2.05) is 4.90 Å². The van der Waals surface area contributed by atoms with E-state index in [0.717, 1.165) is 38.6 Å². The van der Waals surface area contributed by atoms with Gasteiger partial charge in [0.1, 0.15) is 29.5 Å². The number of aromatic hydroxyl groups is 1. The molecule has 47 heavy (non-hydrogen) atoms. The van der Waals surface area contributed by atoms with Gasteiger partial charge in [-0.25, -0.2) is 13.6 Å². The molecule has 4 fully saturated rings. The van der Waals surface area contributed by atoms with Gasteiger partial charge in [0.2, 0.25) is 0 Å². The number of carbonyl (C=O) groups is 1. The molecule has 3 unspecified atom stereocenters. The van der Waals surface area contributed by atoms with Crippen molar-refractivity contribution in [2.24, 2.45) is 5.41 Å². The zero-order chi connectivity index (χ0) is 32.4. The molecule has 3 aromatic carbocycles. The van der Waals surface area contributed by atoms with Crippen molar-refractivity contribution in [2.45, 2.75) is 44.2 Å². The normalized spacial score (nSPS) is 24.3. The lowest BCUT2D eigenvalue weighted by Crippen LogP contribution is -2.52. The third-order valence-electron chi connectivity index (χ3n) is 10.7. The second-order valence-electron chi connectivity index (χ2n) is 13.3. The molecule has 4 heterocycles. The van der Waals surface area contributed by atoms with Crippen molar-refractivity contribution in [1.29, 1.82) is 0 Å². The average molecular weight is 640 g/mol. The van der Waals surface area contributed by atoms with Crippen LogP contribution in [-0.2, 0) is 4.74 Å². The highest BCUT2D eigenvalue weighted by atomic mass is 19.1. The van der Waals surface area contributed by atoms with Crippen LogP contribution in [0.25, 0.3) is 32.8 Å². The second kappa shape index (κ2) is 11.2. The molecule has 1 N–H and O–H groups in total. The Bertz CT molecular complexity index is 1980. The second-order valence-corrected chi connectivity index (χ2v) is 13.3. The first-order valence-corrected chi connectivity index (χ1v) is 16.2. The Morgan fingerprint density at radius 2 is 1.96 bits per heavy atom. The number of carbonyl (C=O) groups excluding carboxylic acids is 1. The molecule has 1 aromatic heterocycles. The van der Waals surface area contributed by atoms with Crippen molar-refractivity contribution < 1.29 is 28.2 Å². The van der Waals surface area contributed by atoms with E-state index in [-0.39, 0.29) is 58.1 Å². The molecule has 0 spiro atoms. The minimum atomic E-state index is -0.664. The first-order chi connectivity index (χ1) is 22.8. The Balaban J connectivity index is 1.26. The zero-order valence-electron chi connectivity index (χ0n) is 26.1. The molecule has 4 aliphatic rings. The number of cyclic esters (lactones) is 1. The van der Waals surface area contributed by atoms with Gasteiger partial charge in [-0.05, 0) is 74.5 Å². The molecule has 9 nitrogen and oxygen atoms in total. The van der Waals surface area contributed by atoms with Crippen molar-refractivity contribution in [3.05, 3.63) is 53.6 Å². The van der Waals surface area contributed by atoms with Gasteiger partial charge in [0, 0.05) is 47.4 Å². The van der Waals surface area contributed by atoms with Crippen LogP contribution in [-0.4, -0.2) is 89.5 Å². The van der Waals surface area contributed by atoms with Crippen LogP contribution in [0, 0.1) is 29.4 Å². The summed E-state index contributed by atoms with van der Waals surface area (Å²) in [5.41, 5.74) is 0.370. The number of nitrogens with zero attached hydrogens (tertiary/aromatic N) is 5. The Hall–Kier alpha value is -4.69. The number of halogens is 2. The van der Waals surface area contributed by atoms with E-state index in [1.165, 1.54) is 24.3 Å². The lowest BCUT2D eigenvalue weighted by atomic mass is 9.76. The lowest BCUT2D eigenvalue weighted by Gasteiger charge is -2.44. The number of phenolic OH excluding ortho intramolecular Hbond substituents is 1. The highest BCUT2D eigenvalue weighted by molar-refractivity contribution is 6.04. The van der Waals surface area contributed by atoms with E-state index in [9.17, 15) is 14.3 Å². The van der Waals surface area contributed by atoms with Crippen LogP contribution >= 0.6 is 0 Å². The number of fused-ring (bicyclic) bond motifs is 4. The topological polar surface area (TPSA) is 91.3 Å². The number of aromatic nitrogens is 2. The first-order valence-electron chi connectivity index (χ1n) is 16.2. The number of likely N-dealkylation sites (tertiary alicyclic amines) is 1. The number of terminal acetylenes is 1. The van der Waals surface area contributed by atoms with E-state index < -0.39 is 11.6 Å². The molecule has 11 heteroatoms. The fraction of sp³-hybridized carbons (Fsp3) is 0.417. The van der Waals surface area contributed by atoms with Gasteiger partial charge < -0.3 is 24.4 Å². The highest BCUT2D eigenvalue weighted by Crippen LogP contribution is 2.48. The summed E-state index contributed by atoms with van der Waals surface area (Å²) in [7, 11) is 2.17. The summed E-state index contributed by atoms with van der Waals surface area (Å²) in [6.07, 6.45) is 10.8. The molecule has 4 aromatic rings. The lowest BCUT2D eigenvalue weighted by molar-refractivity contribution is 0.0133. The van der Waals surface area contributed by atoms with Crippen LogP contribution in [0.1, 0.15) is 37.7 Å². The number of piperidine rings is 1. The van der Waals surface area contributed by atoms with Gasteiger partial charge in [0.05, 0.1) is 18.2 Å². The number of hydrogen-bond donors (Lipinski definition) is 1. The maximum absolute atomic E-state index is 16.9. The standard InChI is InChI=1S/C36H35F2N5O4/c1-3-24-28(37)10-7-21-16-23(44)17-27(30(21)24)25-8-9-26-32(31(25)38)39-34(47-20-36-11-4-6-29(36)41(2)13-5-12-36)40-33(26)42-14-15-43-22(18-42)19-46-35(43)45/h1,7-10,16-17,22,29,44H,4-6,11-15,18-20H2,2H3. The van der Waals surface area contributed by atoms with E-state index in [4.69, 9.17) is 20.9 Å². The van der Waals surface area contributed by atoms with Gasteiger partial charge in [0.15, 0.2) is 5.82 Å². The Morgan fingerprint density at radius 3 is 2.81 bits per heavy atom. The summed E-state index contributed by atoms with van der Waals surface area (Å²) < 4.78 is 43.5. The van der Waals surface area contributed by atoms with E-state index >= 15 is 4.39 Å². The van der Waals surface area contributed by atoms with Crippen LogP contribution in [0.5, 0.6) is 11.8 Å². The summed E-state index contributed by atoms with van der Waals surface area (Å²) in [5.74, 6) is 1.53.